The third kappa shape index (κ3) is 3.55. The van der Waals surface area contributed by atoms with Gasteiger partial charge in [-0.2, -0.15) is 0 Å². The van der Waals surface area contributed by atoms with Crippen molar-refractivity contribution in [2.45, 2.75) is 26.9 Å². The third-order valence-electron chi connectivity index (χ3n) is 3.20. The number of carboxylic acid groups (broad SMARTS) is 1. The highest BCUT2D eigenvalue weighted by molar-refractivity contribution is 6.36. The minimum atomic E-state index is -0.951. The molecule has 2 aromatic rings. The average molecular weight is 325 g/mol. The number of fused-ring (bicyclic) bond motifs is 2. The van der Waals surface area contributed by atoms with Gasteiger partial charge in [-0.05, 0) is 19.2 Å². The van der Waals surface area contributed by atoms with Crippen molar-refractivity contribution >= 4 is 28.5 Å². The number of nitrogens with zero attached hydrogens (tertiary/aromatic N) is 2. The van der Waals surface area contributed by atoms with Gasteiger partial charge in [0.15, 0.2) is 0 Å². The summed E-state index contributed by atoms with van der Waals surface area (Å²) in [5.41, 5.74) is 2.87. The minimum absolute atomic E-state index is 0.234. The number of aliphatic hydroxyl groups is 1. The Morgan fingerprint density at radius 3 is 2.50 bits per heavy atom. The van der Waals surface area contributed by atoms with E-state index in [9.17, 15) is 4.79 Å². The fourth-order valence-corrected chi connectivity index (χ4v) is 2.65. The summed E-state index contributed by atoms with van der Waals surface area (Å²) in [4.78, 5) is 17.6. The SMILES string of the molecule is CC.CN1Cc2nc3cc(C(=O)O)ccc3c(Cl)c2C1.CO. The molecule has 0 amide bonds. The van der Waals surface area contributed by atoms with Crippen molar-refractivity contribution in [1.29, 1.82) is 0 Å². The second-order valence-electron chi connectivity index (χ2n) is 4.56. The normalized spacial score (nSPS) is 12.8. The van der Waals surface area contributed by atoms with Crippen LogP contribution in [0, 0.1) is 0 Å². The molecule has 2 N–H and O–H groups in total. The van der Waals surface area contributed by atoms with E-state index in [2.05, 4.69) is 9.88 Å². The molecular formula is C16H21ClN2O3. The van der Waals surface area contributed by atoms with Gasteiger partial charge in [0.1, 0.15) is 0 Å². The molecule has 0 spiro atoms. The number of aromatic carboxylic acids is 1. The number of benzene rings is 1. The first kappa shape index (κ1) is 18.4. The quantitative estimate of drug-likeness (QED) is 0.843. The number of halogens is 1. The highest BCUT2D eigenvalue weighted by atomic mass is 35.5. The number of carbonyl (C=O) groups is 1. The fraction of sp³-hybridized carbons (Fsp3) is 0.375. The van der Waals surface area contributed by atoms with Crippen LogP contribution in [0.2, 0.25) is 5.02 Å². The number of hydrogen-bond acceptors (Lipinski definition) is 4. The summed E-state index contributed by atoms with van der Waals surface area (Å²) in [7, 11) is 3.01. The van der Waals surface area contributed by atoms with Crippen LogP contribution in [0.5, 0.6) is 0 Å². The molecule has 1 aliphatic rings. The number of aromatic nitrogens is 1. The predicted molar refractivity (Wildman–Crippen MR) is 88.4 cm³/mol. The maximum atomic E-state index is 10.9. The predicted octanol–water partition coefficient (Wildman–Crippen LogP) is 3.17. The summed E-state index contributed by atoms with van der Waals surface area (Å²) < 4.78 is 0. The molecular weight excluding hydrogens is 304 g/mol. The zero-order valence-corrected chi connectivity index (χ0v) is 14.0. The van der Waals surface area contributed by atoms with Crippen molar-refractivity contribution in [3.05, 3.63) is 40.0 Å². The molecule has 3 rings (SSSR count). The molecule has 1 aliphatic heterocycles. The Balaban J connectivity index is 0.000000561. The van der Waals surface area contributed by atoms with E-state index in [0.29, 0.717) is 10.5 Å². The molecule has 0 atom stereocenters. The van der Waals surface area contributed by atoms with Crippen molar-refractivity contribution in [1.82, 2.24) is 9.88 Å². The van der Waals surface area contributed by atoms with E-state index in [1.807, 2.05) is 20.9 Å². The van der Waals surface area contributed by atoms with Gasteiger partial charge in [0, 0.05) is 31.1 Å². The molecule has 1 aromatic heterocycles. The molecule has 6 heteroatoms. The van der Waals surface area contributed by atoms with E-state index in [1.54, 1.807) is 18.2 Å². The molecule has 22 heavy (non-hydrogen) atoms. The number of carboxylic acids is 1. The van der Waals surface area contributed by atoms with Crippen LogP contribution in [-0.2, 0) is 13.1 Å². The lowest BCUT2D eigenvalue weighted by Gasteiger charge is -2.06. The van der Waals surface area contributed by atoms with Crippen molar-refractivity contribution < 1.29 is 15.0 Å². The molecule has 0 aliphatic carbocycles. The Kier molecular flexibility index (Phi) is 6.74. The standard InChI is InChI=1S/C13H11ClN2O2.C2H6.CH4O/c1-16-5-9-11(6-16)15-10-4-7(13(17)18)2-3-8(10)12(9)14;2*1-2/h2-4H,5-6H2,1H3,(H,17,18);1-2H3;2H,1H3. The van der Waals surface area contributed by atoms with Crippen molar-refractivity contribution in [3.8, 4) is 0 Å². The lowest BCUT2D eigenvalue weighted by atomic mass is 10.1. The highest BCUT2D eigenvalue weighted by Gasteiger charge is 2.22. The van der Waals surface area contributed by atoms with Crippen LogP contribution in [0.15, 0.2) is 18.2 Å². The summed E-state index contributed by atoms with van der Waals surface area (Å²) in [6.45, 7) is 5.54. The summed E-state index contributed by atoms with van der Waals surface area (Å²) in [6.07, 6.45) is 0. The number of pyridine rings is 1. The Hall–Kier alpha value is -1.69. The second kappa shape index (κ2) is 8.08. The van der Waals surface area contributed by atoms with Gasteiger partial charge >= 0.3 is 5.97 Å². The van der Waals surface area contributed by atoms with Gasteiger partial charge in [-0.15, -0.1) is 0 Å². The smallest absolute Gasteiger partial charge is 0.335 e. The molecule has 1 aromatic carbocycles. The average Bonchev–Trinajstić information content (AvgIpc) is 2.91. The molecule has 0 bridgehead atoms. The van der Waals surface area contributed by atoms with Crippen LogP contribution in [0.3, 0.4) is 0 Å². The van der Waals surface area contributed by atoms with E-state index in [0.717, 1.165) is 36.8 Å². The minimum Gasteiger partial charge on any atom is -0.478 e. The van der Waals surface area contributed by atoms with Crippen LogP contribution in [-0.4, -0.2) is 40.2 Å². The fourth-order valence-electron chi connectivity index (χ4n) is 2.32. The lowest BCUT2D eigenvalue weighted by Crippen LogP contribution is -2.07. The Labute approximate surface area is 135 Å². The third-order valence-corrected chi connectivity index (χ3v) is 3.63. The molecule has 0 radical (unpaired) electrons. The maximum Gasteiger partial charge on any atom is 0.335 e. The first-order chi connectivity index (χ1) is 10.6. The van der Waals surface area contributed by atoms with E-state index in [-0.39, 0.29) is 5.56 Å². The van der Waals surface area contributed by atoms with E-state index < -0.39 is 5.97 Å². The van der Waals surface area contributed by atoms with Crippen molar-refractivity contribution in [2.75, 3.05) is 14.2 Å². The summed E-state index contributed by atoms with van der Waals surface area (Å²) >= 11 is 6.37. The van der Waals surface area contributed by atoms with Gasteiger partial charge in [-0.1, -0.05) is 31.5 Å². The molecule has 0 saturated heterocycles. The monoisotopic (exact) mass is 324 g/mol. The summed E-state index contributed by atoms with van der Waals surface area (Å²) in [5, 5.41) is 17.5. The maximum absolute atomic E-state index is 10.9. The lowest BCUT2D eigenvalue weighted by molar-refractivity contribution is 0.0697. The molecule has 5 nitrogen and oxygen atoms in total. The van der Waals surface area contributed by atoms with Crippen LogP contribution >= 0.6 is 11.6 Å². The Morgan fingerprint density at radius 2 is 1.91 bits per heavy atom. The van der Waals surface area contributed by atoms with Gasteiger partial charge in [-0.25, -0.2) is 4.79 Å². The van der Waals surface area contributed by atoms with Crippen LogP contribution in [0.4, 0.5) is 0 Å². The molecule has 0 saturated carbocycles. The van der Waals surface area contributed by atoms with Crippen molar-refractivity contribution in [3.63, 3.8) is 0 Å². The largest absolute Gasteiger partial charge is 0.478 e. The molecule has 0 unspecified atom stereocenters. The molecule has 2 heterocycles. The van der Waals surface area contributed by atoms with Gasteiger partial charge in [0.05, 0.1) is 21.8 Å². The molecule has 0 fully saturated rings. The number of hydrogen-bond donors (Lipinski definition) is 2. The van der Waals surface area contributed by atoms with E-state index >= 15 is 0 Å². The summed E-state index contributed by atoms with van der Waals surface area (Å²) in [6, 6.07) is 4.86. The van der Waals surface area contributed by atoms with Gasteiger partial charge < -0.3 is 10.2 Å². The van der Waals surface area contributed by atoms with Crippen LogP contribution < -0.4 is 0 Å². The first-order valence-corrected chi connectivity index (χ1v) is 7.41. The van der Waals surface area contributed by atoms with E-state index in [4.69, 9.17) is 21.8 Å². The first-order valence-electron chi connectivity index (χ1n) is 7.04. The second-order valence-corrected chi connectivity index (χ2v) is 4.94. The Morgan fingerprint density at radius 1 is 1.27 bits per heavy atom. The van der Waals surface area contributed by atoms with Gasteiger partial charge in [-0.3, -0.25) is 9.88 Å². The zero-order valence-electron chi connectivity index (χ0n) is 13.2. The van der Waals surface area contributed by atoms with Crippen LogP contribution in [0.1, 0.15) is 35.5 Å². The number of rotatable bonds is 1. The van der Waals surface area contributed by atoms with E-state index in [1.165, 1.54) is 0 Å². The summed E-state index contributed by atoms with van der Waals surface area (Å²) in [5.74, 6) is -0.951. The topological polar surface area (TPSA) is 73.7 Å². The van der Waals surface area contributed by atoms with Crippen LogP contribution in [0.25, 0.3) is 10.9 Å². The highest BCUT2D eigenvalue weighted by Crippen LogP contribution is 2.33. The Bertz CT molecular complexity index is 674. The van der Waals surface area contributed by atoms with Crippen molar-refractivity contribution in [2.24, 2.45) is 0 Å². The number of aliphatic hydroxyl groups excluding tert-OH is 1. The zero-order chi connectivity index (χ0) is 16.9. The van der Waals surface area contributed by atoms with Gasteiger partial charge in [0.2, 0.25) is 0 Å². The molecule has 120 valence electrons. The van der Waals surface area contributed by atoms with Gasteiger partial charge in [0.25, 0.3) is 0 Å².